The minimum Gasteiger partial charge on any atom is -0.497 e. The fourth-order valence-electron chi connectivity index (χ4n) is 3.30. The first-order valence-corrected chi connectivity index (χ1v) is 10.1. The molecule has 2 aromatic carbocycles. The minimum atomic E-state index is -0.699. The molecule has 1 amide bonds. The number of methoxy groups -OCH3 is 1. The van der Waals surface area contributed by atoms with E-state index in [9.17, 15) is 14.4 Å². The molecular weight excluding hydrogens is 396 g/mol. The van der Waals surface area contributed by atoms with Crippen molar-refractivity contribution in [2.75, 3.05) is 20.2 Å². The van der Waals surface area contributed by atoms with Crippen LogP contribution in [0.15, 0.2) is 58.1 Å². The Hall–Kier alpha value is -3.68. The third kappa shape index (κ3) is 4.42. The number of aryl methyl sites for hydroxylation is 1. The highest BCUT2D eigenvalue weighted by Gasteiger charge is 2.23. The third-order valence-electron chi connectivity index (χ3n) is 5.22. The highest BCUT2D eigenvalue weighted by molar-refractivity contribution is 5.91. The van der Waals surface area contributed by atoms with Gasteiger partial charge in [0.25, 0.3) is 11.5 Å². The molecule has 162 valence electrons. The normalized spacial score (nSPS) is 10.7. The summed E-state index contributed by atoms with van der Waals surface area (Å²) < 4.78 is 7.33. The molecule has 0 aliphatic heterocycles. The Balaban J connectivity index is 2.24. The molecular formula is C23H26N4O4. The number of hydrogen-bond acceptors (Lipinski definition) is 5. The van der Waals surface area contributed by atoms with Crippen molar-refractivity contribution in [3.05, 3.63) is 86.2 Å². The van der Waals surface area contributed by atoms with Crippen molar-refractivity contribution in [1.82, 2.24) is 19.2 Å². The van der Waals surface area contributed by atoms with E-state index in [2.05, 4.69) is 5.10 Å². The number of carbonyl (C=O) groups is 1. The van der Waals surface area contributed by atoms with Crippen molar-refractivity contribution in [2.24, 2.45) is 0 Å². The van der Waals surface area contributed by atoms with Gasteiger partial charge < -0.3 is 9.64 Å². The van der Waals surface area contributed by atoms with Crippen molar-refractivity contribution in [3.8, 4) is 11.4 Å². The first kappa shape index (κ1) is 22.0. The fraction of sp³-hybridized carbons (Fsp3) is 0.304. The average molecular weight is 422 g/mol. The second-order valence-electron chi connectivity index (χ2n) is 7.04. The number of rotatable bonds is 7. The maximum Gasteiger partial charge on any atom is 0.352 e. The van der Waals surface area contributed by atoms with Crippen molar-refractivity contribution in [1.29, 1.82) is 0 Å². The molecule has 0 bridgehead atoms. The molecule has 8 nitrogen and oxygen atoms in total. The summed E-state index contributed by atoms with van der Waals surface area (Å²) in [7, 11) is 1.54. The molecule has 0 saturated carbocycles. The van der Waals surface area contributed by atoms with E-state index < -0.39 is 17.2 Å². The Bertz CT molecular complexity index is 1190. The van der Waals surface area contributed by atoms with Gasteiger partial charge in [0.05, 0.1) is 19.3 Å². The van der Waals surface area contributed by atoms with Gasteiger partial charge in [0, 0.05) is 13.1 Å². The van der Waals surface area contributed by atoms with Gasteiger partial charge in [0.1, 0.15) is 5.75 Å². The molecule has 0 saturated heterocycles. The predicted molar refractivity (Wildman–Crippen MR) is 118 cm³/mol. The Morgan fingerprint density at radius 2 is 1.68 bits per heavy atom. The molecule has 0 aliphatic carbocycles. The zero-order chi connectivity index (χ0) is 22.5. The summed E-state index contributed by atoms with van der Waals surface area (Å²) in [6.07, 6.45) is 0. The van der Waals surface area contributed by atoms with Gasteiger partial charge in [-0.05, 0) is 56.2 Å². The van der Waals surface area contributed by atoms with Crippen LogP contribution in [-0.2, 0) is 6.54 Å². The van der Waals surface area contributed by atoms with Crippen molar-refractivity contribution >= 4 is 5.91 Å². The van der Waals surface area contributed by atoms with E-state index in [-0.39, 0.29) is 12.2 Å². The molecule has 3 rings (SSSR count). The van der Waals surface area contributed by atoms with Crippen LogP contribution >= 0.6 is 0 Å². The van der Waals surface area contributed by atoms with Crippen molar-refractivity contribution in [3.63, 3.8) is 0 Å². The summed E-state index contributed by atoms with van der Waals surface area (Å²) in [6, 6.07) is 14.2. The number of aromatic nitrogens is 3. The van der Waals surface area contributed by atoms with Gasteiger partial charge in [-0.15, -0.1) is 0 Å². The molecule has 0 unspecified atom stereocenters. The summed E-state index contributed by atoms with van der Waals surface area (Å²) in [5.74, 6) is 0.111. The Morgan fingerprint density at radius 3 is 2.26 bits per heavy atom. The van der Waals surface area contributed by atoms with Crippen LogP contribution in [-0.4, -0.2) is 45.4 Å². The highest BCUT2D eigenvalue weighted by Crippen LogP contribution is 2.13. The number of benzene rings is 2. The Kier molecular flexibility index (Phi) is 6.69. The van der Waals surface area contributed by atoms with Crippen LogP contribution < -0.4 is 16.0 Å². The van der Waals surface area contributed by atoms with Crippen molar-refractivity contribution in [2.45, 2.75) is 27.3 Å². The summed E-state index contributed by atoms with van der Waals surface area (Å²) in [5.41, 5.74) is 0.587. The summed E-state index contributed by atoms with van der Waals surface area (Å²) >= 11 is 0. The second kappa shape index (κ2) is 9.42. The molecule has 0 N–H and O–H groups in total. The maximum atomic E-state index is 13.3. The van der Waals surface area contributed by atoms with Gasteiger partial charge in [-0.1, -0.05) is 24.3 Å². The lowest BCUT2D eigenvalue weighted by Gasteiger charge is -2.19. The largest absolute Gasteiger partial charge is 0.497 e. The molecule has 3 aromatic rings. The topological polar surface area (TPSA) is 86.4 Å². The zero-order valence-corrected chi connectivity index (χ0v) is 18.2. The van der Waals surface area contributed by atoms with Crippen LogP contribution in [0, 0.1) is 6.92 Å². The quantitative estimate of drug-likeness (QED) is 0.583. The van der Waals surface area contributed by atoms with Crippen LogP contribution in [0.2, 0.25) is 0 Å². The van der Waals surface area contributed by atoms with E-state index in [1.807, 2.05) is 45.0 Å². The standard InChI is InChI=1S/C23H26N4O4/c1-5-25(6-2)21(28)20-22(29)26(15-17-10-8-7-9-16(17)3)23(30)27(24-20)18-11-13-19(31-4)14-12-18/h7-14H,5-6,15H2,1-4H3. The average Bonchev–Trinajstić information content (AvgIpc) is 2.79. The van der Waals surface area contributed by atoms with E-state index in [4.69, 9.17) is 4.74 Å². The number of amides is 1. The lowest BCUT2D eigenvalue weighted by Crippen LogP contribution is -2.46. The van der Waals surface area contributed by atoms with E-state index >= 15 is 0 Å². The zero-order valence-electron chi connectivity index (χ0n) is 18.2. The minimum absolute atomic E-state index is 0.0432. The predicted octanol–water partition coefficient (Wildman–Crippen LogP) is 2.24. The molecule has 1 heterocycles. The van der Waals surface area contributed by atoms with Crippen LogP contribution in [0.5, 0.6) is 5.75 Å². The monoisotopic (exact) mass is 422 g/mol. The number of ether oxygens (including phenoxy) is 1. The summed E-state index contributed by atoms with van der Waals surface area (Å²) in [6.45, 7) is 6.46. The second-order valence-corrected chi connectivity index (χ2v) is 7.04. The number of nitrogens with zero attached hydrogens (tertiary/aromatic N) is 4. The van der Waals surface area contributed by atoms with Gasteiger partial charge >= 0.3 is 5.69 Å². The Morgan fingerprint density at radius 1 is 1.03 bits per heavy atom. The van der Waals surface area contributed by atoms with Gasteiger partial charge in [-0.3, -0.25) is 14.2 Å². The lowest BCUT2D eigenvalue weighted by atomic mass is 10.1. The first-order valence-electron chi connectivity index (χ1n) is 10.1. The van der Waals surface area contributed by atoms with Gasteiger partial charge in [-0.2, -0.15) is 9.78 Å². The van der Waals surface area contributed by atoms with Gasteiger partial charge in [0.2, 0.25) is 5.69 Å². The molecule has 8 heteroatoms. The smallest absolute Gasteiger partial charge is 0.352 e. The summed E-state index contributed by atoms with van der Waals surface area (Å²) in [4.78, 5) is 41.0. The maximum absolute atomic E-state index is 13.3. The molecule has 0 fully saturated rings. The molecule has 31 heavy (non-hydrogen) atoms. The Labute approximate surface area is 180 Å². The van der Waals surface area contributed by atoms with E-state index in [1.165, 1.54) is 4.90 Å². The van der Waals surface area contributed by atoms with Gasteiger partial charge in [-0.25, -0.2) is 4.79 Å². The third-order valence-corrected chi connectivity index (χ3v) is 5.22. The van der Waals surface area contributed by atoms with Crippen molar-refractivity contribution < 1.29 is 9.53 Å². The lowest BCUT2D eigenvalue weighted by molar-refractivity contribution is 0.0761. The van der Waals surface area contributed by atoms with Crippen LogP contribution in [0.3, 0.4) is 0 Å². The fourth-order valence-corrected chi connectivity index (χ4v) is 3.30. The SMILES string of the molecule is CCN(CC)C(=O)c1nn(-c2ccc(OC)cc2)c(=O)n(Cc2ccccc2C)c1=O. The van der Waals surface area contributed by atoms with E-state index in [0.29, 0.717) is 24.5 Å². The van der Waals surface area contributed by atoms with Gasteiger partial charge in [0.15, 0.2) is 0 Å². The highest BCUT2D eigenvalue weighted by atomic mass is 16.5. The molecule has 0 radical (unpaired) electrons. The van der Waals surface area contributed by atoms with Crippen LogP contribution in [0.4, 0.5) is 0 Å². The molecule has 1 aromatic heterocycles. The van der Waals surface area contributed by atoms with E-state index in [0.717, 1.165) is 20.4 Å². The molecule has 0 atom stereocenters. The van der Waals surface area contributed by atoms with Crippen LogP contribution in [0.1, 0.15) is 35.5 Å². The van der Waals surface area contributed by atoms with Crippen LogP contribution in [0.25, 0.3) is 5.69 Å². The number of carbonyl (C=O) groups excluding carboxylic acids is 1. The number of hydrogen-bond donors (Lipinski definition) is 0. The first-order chi connectivity index (χ1) is 14.9. The molecule has 0 spiro atoms. The van der Waals surface area contributed by atoms with E-state index in [1.54, 1.807) is 31.4 Å². The summed E-state index contributed by atoms with van der Waals surface area (Å²) in [5, 5.41) is 4.18. The molecule has 0 aliphatic rings.